The number of carbonyl (C=O) groups is 1. The fraction of sp³-hybridized carbons (Fsp3) is 0.350. The van der Waals surface area contributed by atoms with Gasteiger partial charge in [0.1, 0.15) is 0 Å². The van der Waals surface area contributed by atoms with Crippen LogP contribution in [-0.2, 0) is 6.54 Å². The third kappa shape index (κ3) is 3.80. The van der Waals surface area contributed by atoms with Crippen LogP contribution in [0.1, 0.15) is 64.3 Å². The minimum absolute atomic E-state index is 0.0202. The minimum Gasteiger partial charge on any atom is -0.348 e. The standard InChI is InChI=1S/C20H24N2O/c1-13-3-10-18(17-8-9-17)19(11-13)20(23)22-12-15-4-6-16(7-5-15)14(2)21/h3-7,10-11,14,17H,8-9,12,21H2,1-2H3,(H,22,23). The van der Waals surface area contributed by atoms with Crippen LogP contribution in [0.25, 0.3) is 0 Å². The van der Waals surface area contributed by atoms with Gasteiger partial charge in [-0.25, -0.2) is 0 Å². The lowest BCUT2D eigenvalue weighted by molar-refractivity contribution is 0.0950. The highest BCUT2D eigenvalue weighted by atomic mass is 16.1. The topological polar surface area (TPSA) is 55.1 Å². The molecule has 3 nitrogen and oxygen atoms in total. The van der Waals surface area contributed by atoms with Crippen molar-refractivity contribution < 1.29 is 4.79 Å². The SMILES string of the molecule is Cc1ccc(C2CC2)c(C(=O)NCc2ccc(C(C)N)cc2)c1. The molecule has 2 aromatic carbocycles. The summed E-state index contributed by atoms with van der Waals surface area (Å²) in [6.45, 7) is 4.53. The fourth-order valence-corrected chi connectivity index (χ4v) is 2.83. The molecule has 0 aliphatic heterocycles. The van der Waals surface area contributed by atoms with E-state index in [9.17, 15) is 4.79 Å². The first kappa shape index (κ1) is 15.8. The summed E-state index contributed by atoms with van der Waals surface area (Å²) in [4.78, 5) is 12.6. The summed E-state index contributed by atoms with van der Waals surface area (Å²) in [5.74, 6) is 0.591. The highest BCUT2D eigenvalue weighted by Gasteiger charge is 2.27. The third-order valence-corrected chi connectivity index (χ3v) is 4.43. The molecule has 0 radical (unpaired) electrons. The summed E-state index contributed by atoms with van der Waals surface area (Å²) >= 11 is 0. The Morgan fingerprint density at radius 3 is 2.52 bits per heavy atom. The Hall–Kier alpha value is -2.13. The van der Waals surface area contributed by atoms with Gasteiger partial charge in [-0.2, -0.15) is 0 Å². The second kappa shape index (κ2) is 6.55. The van der Waals surface area contributed by atoms with Crippen molar-refractivity contribution in [1.82, 2.24) is 5.32 Å². The third-order valence-electron chi connectivity index (χ3n) is 4.43. The molecule has 1 fully saturated rings. The number of hydrogen-bond acceptors (Lipinski definition) is 2. The number of rotatable bonds is 5. The van der Waals surface area contributed by atoms with Gasteiger partial charge in [-0.15, -0.1) is 0 Å². The van der Waals surface area contributed by atoms with Crippen LogP contribution in [0, 0.1) is 6.92 Å². The zero-order valence-electron chi connectivity index (χ0n) is 13.8. The van der Waals surface area contributed by atoms with Crippen LogP contribution in [0.5, 0.6) is 0 Å². The molecule has 1 amide bonds. The van der Waals surface area contributed by atoms with E-state index >= 15 is 0 Å². The molecule has 1 aliphatic carbocycles. The van der Waals surface area contributed by atoms with E-state index in [0.717, 1.165) is 22.3 Å². The maximum absolute atomic E-state index is 12.6. The number of benzene rings is 2. The number of hydrogen-bond donors (Lipinski definition) is 2. The first-order chi connectivity index (χ1) is 11.0. The summed E-state index contributed by atoms with van der Waals surface area (Å²) in [6, 6.07) is 14.3. The number of nitrogens with one attached hydrogen (secondary N) is 1. The Kier molecular flexibility index (Phi) is 4.49. The Bertz CT molecular complexity index is 700. The van der Waals surface area contributed by atoms with Crippen molar-refractivity contribution >= 4 is 5.91 Å². The van der Waals surface area contributed by atoms with E-state index in [1.54, 1.807) is 0 Å². The number of amides is 1. The molecule has 0 heterocycles. The molecule has 1 unspecified atom stereocenters. The van der Waals surface area contributed by atoms with Crippen molar-refractivity contribution in [2.24, 2.45) is 5.73 Å². The van der Waals surface area contributed by atoms with Gasteiger partial charge in [-0.3, -0.25) is 4.79 Å². The first-order valence-corrected chi connectivity index (χ1v) is 8.28. The van der Waals surface area contributed by atoms with Crippen LogP contribution in [0.15, 0.2) is 42.5 Å². The normalized spacial score (nSPS) is 15.3. The van der Waals surface area contributed by atoms with Crippen LogP contribution in [0.2, 0.25) is 0 Å². The van der Waals surface area contributed by atoms with Gasteiger partial charge in [-0.05, 0) is 55.4 Å². The Balaban J connectivity index is 1.68. The van der Waals surface area contributed by atoms with Crippen molar-refractivity contribution in [2.45, 2.75) is 45.2 Å². The molecule has 1 atom stereocenters. The Morgan fingerprint density at radius 2 is 1.91 bits per heavy atom. The van der Waals surface area contributed by atoms with Gasteiger partial charge < -0.3 is 11.1 Å². The predicted molar refractivity (Wildman–Crippen MR) is 93.4 cm³/mol. The van der Waals surface area contributed by atoms with E-state index in [0.29, 0.717) is 12.5 Å². The molecule has 0 bridgehead atoms. The summed E-state index contributed by atoms with van der Waals surface area (Å²) < 4.78 is 0. The fourth-order valence-electron chi connectivity index (χ4n) is 2.83. The second-order valence-corrected chi connectivity index (χ2v) is 6.58. The molecular formula is C20H24N2O. The van der Waals surface area contributed by atoms with E-state index in [2.05, 4.69) is 17.4 Å². The van der Waals surface area contributed by atoms with Gasteiger partial charge in [0.05, 0.1) is 0 Å². The second-order valence-electron chi connectivity index (χ2n) is 6.58. The summed E-state index contributed by atoms with van der Waals surface area (Å²) in [6.07, 6.45) is 2.39. The monoisotopic (exact) mass is 308 g/mol. The van der Waals surface area contributed by atoms with Crippen LogP contribution >= 0.6 is 0 Å². The maximum Gasteiger partial charge on any atom is 0.251 e. The molecule has 2 aromatic rings. The van der Waals surface area contributed by atoms with Gasteiger partial charge in [0.2, 0.25) is 0 Å². The molecule has 1 saturated carbocycles. The molecule has 3 N–H and O–H groups in total. The van der Waals surface area contributed by atoms with Gasteiger partial charge in [0.15, 0.2) is 0 Å². The molecule has 1 aliphatic rings. The van der Waals surface area contributed by atoms with E-state index < -0.39 is 0 Å². The lowest BCUT2D eigenvalue weighted by Gasteiger charge is -2.11. The molecular weight excluding hydrogens is 284 g/mol. The first-order valence-electron chi connectivity index (χ1n) is 8.28. The van der Waals surface area contributed by atoms with Crippen molar-refractivity contribution in [1.29, 1.82) is 0 Å². The van der Waals surface area contributed by atoms with Gasteiger partial charge in [0.25, 0.3) is 5.91 Å². The van der Waals surface area contributed by atoms with E-state index in [1.807, 2.05) is 44.2 Å². The van der Waals surface area contributed by atoms with Gasteiger partial charge in [-0.1, -0.05) is 42.0 Å². The Morgan fingerprint density at radius 1 is 1.22 bits per heavy atom. The summed E-state index contributed by atoms with van der Waals surface area (Å²) in [5, 5.41) is 3.04. The highest BCUT2D eigenvalue weighted by Crippen LogP contribution is 2.41. The molecule has 3 rings (SSSR count). The smallest absolute Gasteiger partial charge is 0.251 e. The summed E-state index contributed by atoms with van der Waals surface area (Å²) in [5.41, 5.74) is 11.2. The number of nitrogens with two attached hydrogens (primary N) is 1. The highest BCUT2D eigenvalue weighted by molar-refractivity contribution is 5.96. The van der Waals surface area contributed by atoms with Crippen LogP contribution in [0.4, 0.5) is 0 Å². The number of carbonyl (C=O) groups excluding carboxylic acids is 1. The van der Waals surface area contributed by atoms with E-state index in [1.165, 1.54) is 18.4 Å². The molecule has 0 saturated heterocycles. The zero-order chi connectivity index (χ0) is 16.4. The van der Waals surface area contributed by atoms with Crippen molar-refractivity contribution in [2.75, 3.05) is 0 Å². The lowest BCUT2D eigenvalue weighted by atomic mass is 10.00. The number of aryl methyl sites for hydroxylation is 1. The van der Waals surface area contributed by atoms with Gasteiger partial charge >= 0.3 is 0 Å². The quantitative estimate of drug-likeness (QED) is 0.882. The van der Waals surface area contributed by atoms with Crippen molar-refractivity contribution in [3.63, 3.8) is 0 Å². The molecule has 3 heteroatoms. The van der Waals surface area contributed by atoms with Crippen molar-refractivity contribution in [3.8, 4) is 0 Å². The molecule has 23 heavy (non-hydrogen) atoms. The minimum atomic E-state index is 0.0202. The predicted octanol–water partition coefficient (Wildman–Crippen LogP) is 3.82. The average Bonchev–Trinajstić information content (AvgIpc) is 3.37. The van der Waals surface area contributed by atoms with Gasteiger partial charge in [0, 0.05) is 18.2 Å². The maximum atomic E-state index is 12.6. The average molecular weight is 308 g/mol. The lowest BCUT2D eigenvalue weighted by Crippen LogP contribution is -2.24. The van der Waals surface area contributed by atoms with Crippen LogP contribution < -0.4 is 11.1 Å². The van der Waals surface area contributed by atoms with E-state index in [4.69, 9.17) is 5.73 Å². The molecule has 0 aromatic heterocycles. The van der Waals surface area contributed by atoms with Crippen LogP contribution in [-0.4, -0.2) is 5.91 Å². The molecule has 0 spiro atoms. The Labute approximate surface area is 137 Å². The zero-order valence-corrected chi connectivity index (χ0v) is 13.8. The van der Waals surface area contributed by atoms with Crippen molar-refractivity contribution in [3.05, 3.63) is 70.3 Å². The largest absolute Gasteiger partial charge is 0.348 e. The molecule has 120 valence electrons. The van der Waals surface area contributed by atoms with E-state index in [-0.39, 0.29) is 11.9 Å². The van der Waals surface area contributed by atoms with Crippen LogP contribution in [0.3, 0.4) is 0 Å². The summed E-state index contributed by atoms with van der Waals surface area (Å²) in [7, 11) is 0.